The molecule has 2 fully saturated rings. The van der Waals surface area contributed by atoms with Crippen molar-refractivity contribution in [3.05, 3.63) is 42.9 Å². The summed E-state index contributed by atoms with van der Waals surface area (Å²) in [6.07, 6.45) is 6.23. The standard InChI is InChI=1S/C19H17N7O2/c27-16-19(25-18(28)24-16)5-9-26(10-6-19)17-21-8-4-15(23-17)14-2-1-12-11-20-7-3-13(12)22-14/h1-4,7-8,11H,5-6,9-10H2,(H2,24,25,27,28). The van der Waals surface area contributed by atoms with Gasteiger partial charge in [0.05, 0.1) is 16.9 Å². The molecule has 5 rings (SSSR count). The van der Waals surface area contributed by atoms with E-state index in [1.54, 1.807) is 18.6 Å². The van der Waals surface area contributed by atoms with Crippen LogP contribution in [0.15, 0.2) is 42.9 Å². The van der Waals surface area contributed by atoms with Crippen LogP contribution in [0.3, 0.4) is 0 Å². The second-order valence-corrected chi connectivity index (χ2v) is 6.98. The first-order valence-electron chi connectivity index (χ1n) is 9.06. The Labute approximate surface area is 160 Å². The van der Waals surface area contributed by atoms with E-state index in [2.05, 4.69) is 30.6 Å². The Bertz CT molecular complexity index is 1090. The van der Waals surface area contributed by atoms with Crippen LogP contribution in [0.5, 0.6) is 0 Å². The predicted molar refractivity (Wildman–Crippen MR) is 101 cm³/mol. The monoisotopic (exact) mass is 375 g/mol. The zero-order valence-electron chi connectivity index (χ0n) is 14.9. The van der Waals surface area contributed by atoms with Crippen LogP contribution in [0.25, 0.3) is 22.3 Å². The Morgan fingerprint density at radius 1 is 0.964 bits per heavy atom. The summed E-state index contributed by atoms with van der Waals surface area (Å²) in [4.78, 5) is 43.4. The molecule has 0 aromatic carbocycles. The molecule has 140 valence electrons. The number of rotatable bonds is 2. The van der Waals surface area contributed by atoms with Gasteiger partial charge in [0.1, 0.15) is 5.54 Å². The molecule has 3 amide bonds. The van der Waals surface area contributed by atoms with E-state index < -0.39 is 11.6 Å². The van der Waals surface area contributed by atoms with Crippen molar-refractivity contribution in [2.75, 3.05) is 18.0 Å². The third-order valence-electron chi connectivity index (χ3n) is 5.31. The van der Waals surface area contributed by atoms with Crippen molar-refractivity contribution in [3.63, 3.8) is 0 Å². The number of carbonyl (C=O) groups excluding carboxylic acids is 2. The molecule has 3 aromatic heterocycles. The van der Waals surface area contributed by atoms with Gasteiger partial charge in [-0.05, 0) is 37.1 Å². The summed E-state index contributed by atoms with van der Waals surface area (Å²) in [6.45, 7) is 1.15. The molecule has 0 bridgehead atoms. The van der Waals surface area contributed by atoms with Crippen molar-refractivity contribution < 1.29 is 9.59 Å². The van der Waals surface area contributed by atoms with Crippen LogP contribution in [0.2, 0.25) is 0 Å². The van der Waals surface area contributed by atoms with Gasteiger partial charge in [0, 0.05) is 37.1 Å². The van der Waals surface area contributed by atoms with Gasteiger partial charge in [0.2, 0.25) is 5.95 Å². The Morgan fingerprint density at radius 2 is 1.79 bits per heavy atom. The Kier molecular flexibility index (Phi) is 3.68. The molecule has 3 aromatic rings. The Hall–Kier alpha value is -3.62. The van der Waals surface area contributed by atoms with Crippen LogP contribution < -0.4 is 15.5 Å². The van der Waals surface area contributed by atoms with E-state index in [0.29, 0.717) is 31.9 Å². The molecule has 5 heterocycles. The lowest BCUT2D eigenvalue weighted by Crippen LogP contribution is -2.55. The number of piperidine rings is 1. The molecule has 2 aliphatic heterocycles. The number of hydrogen-bond acceptors (Lipinski definition) is 7. The van der Waals surface area contributed by atoms with Gasteiger partial charge in [-0.25, -0.2) is 19.7 Å². The summed E-state index contributed by atoms with van der Waals surface area (Å²) in [7, 11) is 0. The Balaban J connectivity index is 1.39. The largest absolute Gasteiger partial charge is 0.341 e. The van der Waals surface area contributed by atoms with Gasteiger partial charge in [-0.15, -0.1) is 0 Å². The number of fused-ring (bicyclic) bond motifs is 1. The van der Waals surface area contributed by atoms with Crippen LogP contribution in [0.4, 0.5) is 10.7 Å². The first kappa shape index (κ1) is 16.5. The van der Waals surface area contributed by atoms with E-state index >= 15 is 0 Å². The molecule has 0 unspecified atom stereocenters. The molecule has 2 N–H and O–H groups in total. The lowest BCUT2D eigenvalue weighted by molar-refractivity contribution is -0.124. The molecule has 0 saturated carbocycles. The van der Waals surface area contributed by atoms with E-state index in [4.69, 9.17) is 0 Å². The predicted octanol–water partition coefficient (Wildman–Crippen LogP) is 1.27. The second-order valence-electron chi connectivity index (χ2n) is 6.98. The highest BCUT2D eigenvalue weighted by Crippen LogP contribution is 2.28. The van der Waals surface area contributed by atoms with Crippen molar-refractivity contribution in [3.8, 4) is 11.4 Å². The highest BCUT2D eigenvalue weighted by Gasteiger charge is 2.48. The quantitative estimate of drug-likeness (QED) is 0.649. The number of urea groups is 1. The first-order chi connectivity index (χ1) is 13.6. The smallest absolute Gasteiger partial charge is 0.322 e. The second kappa shape index (κ2) is 6.22. The van der Waals surface area contributed by atoms with Gasteiger partial charge >= 0.3 is 6.03 Å². The molecule has 9 heteroatoms. The fourth-order valence-corrected chi connectivity index (χ4v) is 3.72. The third kappa shape index (κ3) is 2.72. The number of carbonyl (C=O) groups is 2. The number of anilines is 1. The number of nitrogens with one attached hydrogen (secondary N) is 2. The molecule has 2 aliphatic rings. The number of nitrogens with zero attached hydrogens (tertiary/aromatic N) is 5. The zero-order valence-corrected chi connectivity index (χ0v) is 14.9. The van der Waals surface area contributed by atoms with Crippen molar-refractivity contribution in [2.45, 2.75) is 18.4 Å². The maximum atomic E-state index is 12.1. The zero-order chi connectivity index (χ0) is 19.1. The van der Waals surface area contributed by atoms with E-state index in [9.17, 15) is 9.59 Å². The van der Waals surface area contributed by atoms with Gasteiger partial charge in [-0.1, -0.05) is 0 Å². The maximum Gasteiger partial charge on any atom is 0.322 e. The summed E-state index contributed by atoms with van der Waals surface area (Å²) < 4.78 is 0. The van der Waals surface area contributed by atoms with E-state index in [-0.39, 0.29) is 5.91 Å². The highest BCUT2D eigenvalue weighted by molar-refractivity contribution is 6.07. The van der Waals surface area contributed by atoms with E-state index in [1.165, 1.54) is 0 Å². The van der Waals surface area contributed by atoms with Gasteiger partial charge in [0.15, 0.2) is 0 Å². The molecular formula is C19H17N7O2. The normalized spacial score (nSPS) is 18.4. The van der Waals surface area contributed by atoms with Gasteiger partial charge < -0.3 is 10.2 Å². The van der Waals surface area contributed by atoms with Crippen LogP contribution in [-0.2, 0) is 4.79 Å². The van der Waals surface area contributed by atoms with Crippen LogP contribution in [-0.4, -0.2) is 50.5 Å². The lowest BCUT2D eigenvalue weighted by atomic mass is 9.88. The van der Waals surface area contributed by atoms with Crippen LogP contribution in [0, 0.1) is 0 Å². The number of amides is 3. The molecule has 0 radical (unpaired) electrons. The topological polar surface area (TPSA) is 113 Å². The van der Waals surface area contributed by atoms with Crippen molar-refractivity contribution in [1.82, 2.24) is 30.6 Å². The lowest BCUT2D eigenvalue weighted by Gasteiger charge is -2.36. The summed E-state index contributed by atoms with van der Waals surface area (Å²) >= 11 is 0. The molecule has 0 atom stereocenters. The van der Waals surface area contributed by atoms with Crippen LogP contribution >= 0.6 is 0 Å². The van der Waals surface area contributed by atoms with E-state index in [0.717, 1.165) is 22.3 Å². The van der Waals surface area contributed by atoms with Gasteiger partial charge in [-0.3, -0.25) is 15.1 Å². The molecular weight excluding hydrogens is 358 g/mol. The summed E-state index contributed by atoms with van der Waals surface area (Å²) in [6, 6.07) is 7.16. The molecule has 2 saturated heterocycles. The van der Waals surface area contributed by atoms with E-state index in [1.807, 2.05) is 29.2 Å². The third-order valence-corrected chi connectivity index (χ3v) is 5.31. The molecule has 1 spiro atoms. The average molecular weight is 375 g/mol. The number of pyridine rings is 2. The first-order valence-corrected chi connectivity index (χ1v) is 9.06. The van der Waals surface area contributed by atoms with Crippen molar-refractivity contribution in [2.24, 2.45) is 0 Å². The minimum absolute atomic E-state index is 0.248. The minimum Gasteiger partial charge on any atom is -0.341 e. The Morgan fingerprint density at radius 3 is 2.57 bits per heavy atom. The number of aromatic nitrogens is 4. The van der Waals surface area contributed by atoms with Gasteiger partial charge in [0.25, 0.3) is 5.91 Å². The van der Waals surface area contributed by atoms with Crippen molar-refractivity contribution >= 4 is 28.8 Å². The molecule has 28 heavy (non-hydrogen) atoms. The average Bonchev–Trinajstić information content (AvgIpc) is 3.01. The number of hydrogen-bond donors (Lipinski definition) is 2. The van der Waals surface area contributed by atoms with Gasteiger partial charge in [-0.2, -0.15) is 0 Å². The summed E-state index contributed by atoms with van der Waals surface area (Å²) in [5.41, 5.74) is 1.55. The fraction of sp³-hybridized carbons (Fsp3) is 0.263. The SMILES string of the molecule is O=C1NC(=O)C2(CCN(c3nccc(-c4ccc5cnccc5n4)n3)CC2)N1. The molecule has 9 nitrogen and oxygen atoms in total. The maximum absolute atomic E-state index is 12.1. The number of imide groups is 1. The summed E-state index contributed by atoms with van der Waals surface area (Å²) in [5.74, 6) is 0.343. The summed E-state index contributed by atoms with van der Waals surface area (Å²) in [5, 5.41) is 6.06. The van der Waals surface area contributed by atoms with Crippen molar-refractivity contribution in [1.29, 1.82) is 0 Å². The fourth-order valence-electron chi connectivity index (χ4n) is 3.72. The highest BCUT2D eigenvalue weighted by atomic mass is 16.2. The van der Waals surface area contributed by atoms with Crippen LogP contribution in [0.1, 0.15) is 12.8 Å². The molecule has 0 aliphatic carbocycles. The minimum atomic E-state index is -0.806.